The lowest BCUT2D eigenvalue weighted by Crippen LogP contribution is -2.30. The average molecular weight is 242 g/mol. The second kappa shape index (κ2) is 3.82. The fourth-order valence-corrected chi connectivity index (χ4v) is 2.65. The van der Waals surface area contributed by atoms with Crippen LogP contribution in [0.4, 0.5) is 0 Å². The molecule has 0 atom stereocenters. The molecule has 3 rings (SSSR count). The van der Waals surface area contributed by atoms with Crippen LogP contribution in [0, 0.1) is 12.1 Å². The van der Waals surface area contributed by atoms with Gasteiger partial charge in [-0.3, -0.25) is 0 Å². The number of aryl methyl sites for hydroxylation is 1. The molecule has 3 nitrogen and oxygen atoms in total. The van der Waals surface area contributed by atoms with E-state index in [0.717, 1.165) is 15.1 Å². The fraction of sp³-hybridized carbons (Fsp3) is 0.0769. The minimum absolute atomic E-state index is 0.607. The van der Waals surface area contributed by atoms with Crippen molar-refractivity contribution in [1.82, 2.24) is 4.98 Å². The van der Waals surface area contributed by atoms with Gasteiger partial charge in [-0.05, 0) is 25.1 Å². The van der Waals surface area contributed by atoms with Crippen LogP contribution in [-0.4, -0.2) is 4.98 Å². The van der Waals surface area contributed by atoms with E-state index in [0.29, 0.717) is 11.2 Å². The summed E-state index contributed by atoms with van der Waals surface area (Å²) in [5, 5.41) is 12.2. The van der Waals surface area contributed by atoms with Gasteiger partial charge in [0.2, 0.25) is 5.52 Å². The zero-order valence-electron chi connectivity index (χ0n) is 9.25. The van der Waals surface area contributed by atoms with Gasteiger partial charge in [0, 0.05) is 10.9 Å². The van der Waals surface area contributed by atoms with Gasteiger partial charge in [-0.1, -0.05) is 12.1 Å². The number of aromatic nitrogens is 2. The van der Waals surface area contributed by atoms with Crippen molar-refractivity contribution >= 4 is 22.4 Å². The third-order valence-electron chi connectivity index (χ3n) is 2.64. The predicted octanol–water partition coefficient (Wildman–Crippen LogP) is 2.91. The van der Waals surface area contributed by atoms with E-state index in [9.17, 15) is 5.21 Å². The minimum atomic E-state index is 0.607. The van der Waals surface area contributed by atoms with Crippen molar-refractivity contribution in [2.24, 2.45) is 0 Å². The van der Waals surface area contributed by atoms with Crippen molar-refractivity contribution in [2.45, 2.75) is 6.92 Å². The van der Waals surface area contributed by atoms with E-state index in [1.165, 1.54) is 4.88 Å². The molecule has 3 aromatic rings. The Morgan fingerprint density at radius 2 is 2.00 bits per heavy atom. The van der Waals surface area contributed by atoms with Crippen molar-refractivity contribution < 1.29 is 4.73 Å². The standard InChI is InChI=1S/C13H10N2OS/c1-9-6-7-13(17-9)12-8-14-10-4-2-3-5-11(10)15(12)16/h2-8H,1H3. The Hall–Kier alpha value is -1.94. The fourth-order valence-electron chi connectivity index (χ4n) is 1.79. The van der Waals surface area contributed by atoms with Crippen molar-refractivity contribution in [3.05, 3.63) is 52.7 Å². The van der Waals surface area contributed by atoms with E-state index in [-0.39, 0.29) is 0 Å². The summed E-state index contributed by atoms with van der Waals surface area (Å²) in [5.74, 6) is 0. The SMILES string of the molecule is Cc1ccc(-c2cnc3ccccc3[n+]2[O-])s1. The molecule has 0 aliphatic heterocycles. The molecule has 0 N–H and O–H groups in total. The van der Waals surface area contributed by atoms with E-state index in [4.69, 9.17) is 0 Å². The molecule has 4 heteroatoms. The van der Waals surface area contributed by atoms with Crippen LogP contribution < -0.4 is 4.73 Å². The van der Waals surface area contributed by atoms with Gasteiger partial charge in [-0.15, -0.1) is 11.3 Å². The molecule has 0 aliphatic carbocycles. The number of nitrogens with zero attached hydrogens (tertiary/aromatic N) is 2. The number of thiophene rings is 1. The maximum atomic E-state index is 12.2. The highest BCUT2D eigenvalue weighted by molar-refractivity contribution is 7.15. The van der Waals surface area contributed by atoms with Gasteiger partial charge in [0.1, 0.15) is 16.6 Å². The van der Waals surface area contributed by atoms with Crippen LogP contribution in [0.5, 0.6) is 0 Å². The average Bonchev–Trinajstić information content (AvgIpc) is 2.77. The third-order valence-corrected chi connectivity index (χ3v) is 3.66. The van der Waals surface area contributed by atoms with E-state index in [1.54, 1.807) is 23.6 Å². The van der Waals surface area contributed by atoms with E-state index < -0.39 is 0 Å². The monoisotopic (exact) mass is 242 g/mol. The summed E-state index contributed by atoms with van der Waals surface area (Å²) < 4.78 is 0.952. The Kier molecular flexibility index (Phi) is 2.30. The molecule has 0 spiro atoms. The molecular formula is C13H10N2OS. The van der Waals surface area contributed by atoms with Crippen LogP contribution in [0.1, 0.15) is 4.88 Å². The van der Waals surface area contributed by atoms with Crippen LogP contribution in [-0.2, 0) is 0 Å². The summed E-state index contributed by atoms with van der Waals surface area (Å²) in [7, 11) is 0. The molecule has 0 unspecified atom stereocenters. The Labute approximate surface area is 103 Å². The summed E-state index contributed by atoms with van der Waals surface area (Å²) >= 11 is 1.60. The van der Waals surface area contributed by atoms with Crippen LogP contribution >= 0.6 is 11.3 Å². The summed E-state index contributed by atoms with van der Waals surface area (Å²) in [6.45, 7) is 2.03. The lowest BCUT2D eigenvalue weighted by Gasteiger charge is -2.04. The molecule has 0 bridgehead atoms. The van der Waals surface area contributed by atoms with Gasteiger partial charge in [-0.25, -0.2) is 4.98 Å². The molecular weight excluding hydrogens is 232 g/mol. The van der Waals surface area contributed by atoms with E-state index >= 15 is 0 Å². The molecule has 0 fully saturated rings. The van der Waals surface area contributed by atoms with Crippen LogP contribution in [0.2, 0.25) is 0 Å². The Morgan fingerprint density at radius 1 is 1.18 bits per heavy atom. The first-order valence-corrected chi connectivity index (χ1v) is 6.11. The topological polar surface area (TPSA) is 39.8 Å². The third kappa shape index (κ3) is 1.66. The maximum Gasteiger partial charge on any atom is 0.252 e. The molecule has 0 saturated carbocycles. The largest absolute Gasteiger partial charge is 0.618 e. The number of para-hydroxylation sites is 2. The predicted molar refractivity (Wildman–Crippen MR) is 68.8 cm³/mol. The lowest BCUT2D eigenvalue weighted by atomic mass is 10.3. The first-order chi connectivity index (χ1) is 8.25. The first kappa shape index (κ1) is 10.2. The highest BCUT2D eigenvalue weighted by atomic mass is 32.1. The maximum absolute atomic E-state index is 12.2. The lowest BCUT2D eigenvalue weighted by molar-refractivity contribution is -0.565. The van der Waals surface area contributed by atoms with Gasteiger partial charge < -0.3 is 5.21 Å². The zero-order chi connectivity index (χ0) is 11.8. The summed E-state index contributed by atoms with van der Waals surface area (Å²) in [4.78, 5) is 6.46. The quantitative estimate of drug-likeness (QED) is 0.486. The smallest absolute Gasteiger partial charge is 0.252 e. The molecule has 0 saturated heterocycles. The van der Waals surface area contributed by atoms with Crippen LogP contribution in [0.3, 0.4) is 0 Å². The second-order valence-electron chi connectivity index (χ2n) is 3.84. The van der Waals surface area contributed by atoms with Crippen molar-refractivity contribution in [2.75, 3.05) is 0 Å². The van der Waals surface area contributed by atoms with Gasteiger partial charge in [0.25, 0.3) is 5.69 Å². The molecule has 0 aliphatic rings. The first-order valence-electron chi connectivity index (χ1n) is 5.30. The van der Waals surface area contributed by atoms with Crippen molar-refractivity contribution in [1.29, 1.82) is 0 Å². The Balaban J connectivity index is 2.28. The Morgan fingerprint density at radius 3 is 2.76 bits per heavy atom. The number of benzene rings is 1. The van der Waals surface area contributed by atoms with Crippen LogP contribution in [0.15, 0.2) is 42.6 Å². The van der Waals surface area contributed by atoms with Crippen molar-refractivity contribution in [3.63, 3.8) is 0 Å². The van der Waals surface area contributed by atoms with E-state index in [1.807, 2.05) is 37.3 Å². The van der Waals surface area contributed by atoms with Gasteiger partial charge in [0.05, 0.1) is 0 Å². The van der Waals surface area contributed by atoms with E-state index in [2.05, 4.69) is 4.98 Å². The molecule has 0 radical (unpaired) electrons. The van der Waals surface area contributed by atoms with Crippen molar-refractivity contribution in [3.8, 4) is 10.6 Å². The van der Waals surface area contributed by atoms with Crippen LogP contribution in [0.25, 0.3) is 21.6 Å². The molecule has 84 valence electrons. The Bertz CT molecular complexity index is 691. The molecule has 1 aromatic carbocycles. The molecule has 2 heterocycles. The van der Waals surface area contributed by atoms with Gasteiger partial charge >= 0.3 is 0 Å². The highest BCUT2D eigenvalue weighted by Crippen LogP contribution is 2.25. The number of rotatable bonds is 1. The number of hydrogen-bond acceptors (Lipinski definition) is 3. The van der Waals surface area contributed by atoms with Gasteiger partial charge in [-0.2, -0.15) is 4.73 Å². The van der Waals surface area contributed by atoms with Gasteiger partial charge in [0.15, 0.2) is 0 Å². The normalized spacial score (nSPS) is 10.9. The molecule has 2 aromatic heterocycles. The summed E-state index contributed by atoms with van der Waals surface area (Å²) in [5.41, 5.74) is 1.94. The number of fused-ring (bicyclic) bond motifs is 1. The zero-order valence-corrected chi connectivity index (χ0v) is 10.1. The minimum Gasteiger partial charge on any atom is -0.618 e. The summed E-state index contributed by atoms with van der Waals surface area (Å²) in [6, 6.07) is 11.3. The molecule has 17 heavy (non-hydrogen) atoms. The molecule has 0 amide bonds. The number of hydrogen-bond donors (Lipinski definition) is 0. The summed E-state index contributed by atoms with van der Waals surface area (Å²) in [6.07, 6.45) is 1.64. The highest BCUT2D eigenvalue weighted by Gasteiger charge is 2.14. The second-order valence-corrected chi connectivity index (χ2v) is 5.12.